The minimum atomic E-state index is -0.342. The van der Waals surface area contributed by atoms with Crippen molar-refractivity contribution in [1.29, 1.82) is 0 Å². The first-order valence-corrected chi connectivity index (χ1v) is 7.66. The van der Waals surface area contributed by atoms with E-state index in [2.05, 4.69) is 9.80 Å². The molecule has 2 fully saturated rings. The van der Waals surface area contributed by atoms with Gasteiger partial charge in [-0.3, -0.25) is 4.90 Å². The second-order valence-corrected chi connectivity index (χ2v) is 5.90. The van der Waals surface area contributed by atoms with Crippen LogP contribution in [-0.2, 0) is 4.74 Å². The van der Waals surface area contributed by atoms with Gasteiger partial charge in [0.2, 0.25) is 0 Å². The van der Waals surface area contributed by atoms with Gasteiger partial charge in [0, 0.05) is 25.7 Å². The zero-order valence-corrected chi connectivity index (χ0v) is 12.5. The van der Waals surface area contributed by atoms with E-state index in [1.165, 1.54) is 32.9 Å². The van der Waals surface area contributed by atoms with Crippen LogP contribution in [0.25, 0.3) is 0 Å². The summed E-state index contributed by atoms with van der Waals surface area (Å²) in [5.74, 6) is -0.342. The molecule has 1 aromatic carbocycles. The number of carbonyl (C=O) groups is 1. The van der Waals surface area contributed by atoms with Crippen LogP contribution in [0.5, 0.6) is 0 Å². The normalized spacial score (nSPS) is 22.7. The monoisotopic (exact) mass is 289 g/mol. The van der Waals surface area contributed by atoms with Crippen molar-refractivity contribution >= 4 is 17.3 Å². The predicted octanol–water partition coefficient (Wildman–Crippen LogP) is 1.73. The number of esters is 1. The van der Waals surface area contributed by atoms with Gasteiger partial charge in [-0.2, -0.15) is 0 Å². The molecule has 0 bridgehead atoms. The van der Waals surface area contributed by atoms with Crippen LogP contribution in [0.15, 0.2) is 18.2 Å². The van der Waals surface area contributed by atoms with Crippen LogP contribution in [0.3, 0.4) is 0 Å². The molecule has 1 unspecified atom stereocenters. The number of fused-ring (bicyclic) bond motifs is 1. The molecule has 3 rings (SSSR count). The number of piperazine rings is 1. The second-order valence-electron chi connectivity index (χ2n) is 5.90. The van der Waals surface area contributed by atoms with Crippen LogP contribution in [0.4, 0.5) is 11.4 Å². The van der Waals surface area contributed by atoms with Crippen LogP contribution >= 0.6 is 0 Å². The standard InChI is InChI=1S/C16H23N3O2/c1-21-16(20)12-5-6-15(14(17)10-12)19-9-8-18-7-3-2-4-13(18)11-19/h5-6,10,13H,2-4,7-9,11,17H2,1H3. The van der Waals surface area contributed by atoms with Crippen molar-refractivity contribution in [2.24, 2.45) is 0 Å². The molecule has 2 aliphatic rings. The molecule has 5 heteroatoms. The zero-order valence-electron chi connectivity index (χ0n) is 12.5. The van der Waals surface area contributed by atoms with Crippen LogP contribution in [0.2, 0.25) is 0 Å². The van der Waals surface area contributed by atoms with Crippen molar-refractivity contribution in [2.75, 3.05) is 43.9 Å². The van der Waals surface area contributed by atoms with Crippen LogP contribution in [0, 0.1) is 0 Å². The van der Waals surface area contributed by atoms with E-state index in [0.29, 0.717) is 17.3 Å². The molecule has 0 spiro atoms. The van der Waals surface area contributed by atoms with Gasteiger partial charge in [-0.05, 0) is 37.6 Å². The molecule has 0 saturated carbocycles. The van der Waals surface area contributed by atoms with Gasteiger partial charge in [0.25, 0.3) is 0 Å². The summed E-state index contributed by atoms with van der Waals surface area (Å²) in [5.41, 5.74) is 8.35. The van der Waals surface area contributed by atoms with E-state index in [0.717, 1.165) is 25.3 Å². The number of nitrogen functional groups attached to an aromatic ring is 1. The maximum absolute atomic E-state index is 11.5. The van der Waals surface area contributed by atoms with Crippen molar-refractivity contribution in [1.82, 2.24) is 4.90 Å². The van der Waals surface area contributed by atoms with Gasteiger partial charge in [0.05, 0.1) is 24.0 Å². The lowest BCUT2D eigenvalue weighted by Crippen LogP contribution is -2.55. The Labute approximate surface area is 125 Å². The Morgan fingerprint density at radius 1 is 1.29 bits per heavy atom. The summed E-state index contributed by atoms with van der Waals surface area (Å²) in [4.78, 5) is 16.5. The SMILES string of the molecule is COC(=O)c1ccc(N2CCN3CCCCC3C2)c(N)c1. The topological polar surface area (TPSA) is 58.8 Å². The molecule has 2 saturated heterocycles. The number of piperidine rings is 1. The molecule has 2 N–H and O–H groups in total. The largest absolute Gasteiger partial charge is 0.465 e. The van der Waals surface area contributed by atoms with E-state index in [9.17, 15) is 4.79 Å². The number of ether oxygens (including phenoxy) is 1. The first-order valence-electron chi connectivity index (χ1n) is 7.66. The third kappa shape index (κ3) is 2.83. The average Bonchev–Trinajstić information content (AvgIpc) is 2.53. The summed E-state index contributed by atoms with van der Waals surface area (Å²) >= 11 is 0. The maximum Gasteiger partial charge on any atom is 0.337 e. The number of rotatable bonds is 2. The highest BCUT2D eigenvalue weighted by atomic mass is 16.5. The highest BCUT2D eigenvalue weighted by molar-refractivity contribution is 5.92. The Hall–Kier alpha value is -1.75. The van der Waals surface area contributed by atoms with E-state index in [1.54, 1.807) is 12.1 Å². The fourth-order valence-electron chi connectivity index (χ4n) is 3.46. The molecule has 21 heavy (non-hydrogen) atoms. The van der Waals surface area contributed by atoms with Gasteiger partial charge >= 0.3 is 5.97 Å². The number of methoxy groups -OCH3 is 1. The summed E-state index contributed by atoms with van der Waals surface area (Å²) in [6.45, 7) is 4.36. The maximum atomic E-state index is 11.5. The van der Waals surface area contributed by atoms with Gasteiger partial charge in [-0.15, -0.1) is 0 Å². The predicted molar refractivity (Wildman–Crippen MR) is 83.6 cm³/mol. The fourth-order valence-corrected chi connectivity index (χ4v) is 3.46. The Morgan fingerprint density at radius 3 is 2.90 bits per heavy atom. The summed E-state index contributed by atoms with van der Waals surface area (Å²) in [5, 5.41) is 0. The number of nitrogens with two attached hydrogens (primary N) is 1. The molecule has 0 amide bonds. The minimum absolute atomic E-state index is 0.342. The summed E-state index contributed by atoms with van der Waals surface area (Å²) in [6.07, 6.45) is 3.93. The highest BCUT2D eigenvalue weighted by Crippen LogP contribution is 2.29. The summed E-state index contributed by atoms with van der Waals surface area (Å²) < 4.78 is 4.73. The van der Waals surface area contributed by atoms with Gasteiger partial charge in [0.1, 0.15) is 0 Å². The Balaban J connectivity index is 1.76. The molecule has 2 heterocycles. The van der Waals surface area contributed by atoms with E-state index in [1.807, 2.05) is 6.07 Å². The summed E-state index contributed by atoms with van der Waals surface area (Å²) in [6, 6.07) is 6.10. The Morgan fingerprint density at radius 2 is 2.14 bits per heavy atom. The lowest BCUT2D eigenvalue weighted by atomic mass is 9.99. The van der Waals surface area contributed by atoms with E-state index < -0.39 is 0 Å². The molecule has 0 aromatic heterocycles. The van der Waals surface area contributed by atoms with Gasteiger partial charge in [-0.1, -0.05) is 6.42 Å². The quantitative estimate of drug-likeness (QED) is 0.664. The lowest BCUT2D eigenvalue weighted by molar-refractivity contribution is 0.0601. The average molecular weight is 289 g/mol. The van der Waals surface area contributed by atoms with E-state index in [-0.39, 0.29) is 5.97 Å². The number of benzene rings is 1. The van der Waals surface area contributed by atoms with Crippen molar-refractivity contribution in [3.63, 3.8) is 0 Å². The van der Waals surface area contributed by atoms with E-state index >= 15 is 0 Å². The van der Waals surface area contributed by atoms with Crippen LogP contribution in [-0.4, -0.2) is 50.2 Å². The van der Waals surface area contributed by atoms with Crippen molar-refractivity contribution in [2.45, 2.75) is 25.3 Å². The molecule has 5 nitrogen and oxygen atoms in total. The number of carbonyl (C=O) groups excluding carboxylic acids is 1. The molecule has 0 aliphatic carbocycles. The number of hydrogen-bond acceptors (Lipinski definition) is 5. The first-order chi connectivity index (χ1) is 10.2. The van der Waals surface area contributed by atoms with E-state index in [4.69, 9.17) is 10.5 Å². The van der Waals surface area contributed by atoms with Gasteiger partial charge < -0.3 is 15.4 Å². The number of hydrogen-bond donors (Lipinski definition) is 1. The molecule has 1 atom stereocenters. The molecule has 2 aliphatic heterocycles. The van der Waals surface area contributed by atoms with Crippen LogP contribution in [0.1, 0.15) is 29.6 Å². The van der Waals surface area contributed by atoms with Crippen molar-refractivity contribution in [3.05, 3.63) is 23.8 Å². The minimum Gasteiger partial charge on any atom is -0.465 e. The Bertz CT molecular complexity index is 532. The third-order valence-corrected chi connectivity index (χ3v) is 4.63. The molecule has 114 valence electrons. The third-order valence-electron chi connectivity index (χ3n) is 4.63. The number of anilines is 2. The second kappa shape index (κ2) is 5.93. The van der Waals surface area contributed by atoms with Crippen molar-refractivity contribution in [3.8, 4) is 0 Å². The lowest BCUT2D eigenvalue weighted by Gasteiger charge is -2.45. The fraction of sp³-hybridized carbons (Fsp3) is 0.562. The Kier molecular flexibility index (Phi) is 4.01. The number of nitrogens with zero attached hydrogens (tertiary/aromatic N) is 2. The molecule has 0 radical (unpaired) electrons. The zero-order chi connectivity index (χ0) is 14.8. The summed E-state index contributed by atoms with van der Waals surface area (Å²) in [7, 11) is 1.38. The molecule has 1 aromatic rings. The molecular formula is C16H23N3O2. The highest BCUT2D eigenvalue weighted by Gasteiger charge is 2.29. The molecular weight excluding hydrogens is 266 g/mol. The smallest absolute Gasteiger partial charge is 0.337 e. The van der Waals surface area contributed by atoms with Crippen molar-refractivity contribution < 1.29 is 9.53 Å². The van der Waals surface area contributed by atoms with Gasteiger partial charge in [-0.25, -0.2) is 4.79 Å². The first kappa shape index (κ1) is 14.2. The van der Waals surface area contributed by atoms with Crippen LogP contribution < -0.4 is 10.6 Å². The van der Waals surface area contributed by atoms with Gasteiger partial charge in [0.15, 0.2) is 0 Å².